The number of ether oxygens (including phenoxy) is 1. The van der Waals surface area contributed by atoms with Gasteiger partial charge in [0.25, 0.3) is 0 Å². The molecule has 4 nitrogen and oxygen atoms in total. The van der Waals surface area contributed by atoms with E-state index in [1.165, 1.54) is 4.90 Å². The van der Waals surface area contributed by atoms with E-state index in [2.05, 4.69) is 5.32 Å². The van der Waals surface area contributed by atoms with Crippen molar-refractivity contribution in [1.82, 2.24) is 4.90 Å². The summed E-state index contributed by atoms with van der Waals surface area (Å²) < 4.78 is 58.3. The minimum atomic E-state index is -1.49. The summed E-state index contributed by atoms with van der Waals surface area (Å²) in [6.07, 6.45) is -0.558. The van der Waals surface area contributed by atoms with Crippen LogP contribution in [0.15, 0.2) is 6.07 Å². The van der Waals surface area contributed by atoms with Gasteiger partial charge in [0.1, 0.15) is 11.3 Å². The number of carbonyl (C=O) groups is 1. The Morgan fingerprint density at radius 3 is 2.14 bits per heavy atom. The lowest BCUT2D eigenvalue weighted by atomic mass is 10.1. The Labute approximate surface area is 125 Å². The second kappa shape index (κ2) is 5.66. The van der Waals surface area contributed by atoms with Gasteiger partial charge in [-0.2, -0.15) is 0 Å². The Bertz CT molecular complexity index is 569. The second-order valence-electron chi connectivity index (χ2n) is 6.07. The van der Waals surface area contributed by atoms with Crippen LogP contribution in [0.25, 0.3) is 0 Å². The molecule has 0 saturated carbocycles. The lowest BCUT2D eigenvalue weighted by Crippen LogP contribution is -2.58. The lowest BCUT2D eigenvalue weighted by Gasteiger charge is -2.40. The van der Waals surface area contributed by atoms with Crippen LogP contribution in [-0.4, -0.2) is 35.7 Å². The summed E-state index contributed by atoms with van der Waals surface area (Å²) in [5, 5.41) is 2.36. The first-order valence-corrected chi connectivity index (χ1v) is 6.66. The van der Waals surface area contributed by atoms with Crippen LogP contribution in [0.1, 0.15) is 20.8 Å². The molecule has 1 heterocycles. The average Bonchev–Trinajstić information content (AvgIpc) is 2.31. The molecule has 1 aromatic rings. The number of nitrogens with zero attached hydrogens (tertiary/aromatic N) is 1. The van der Waals surface area contributed by atoms with Crippen molar-refractivity contribution >= 4 is 11.8 Å². The Hall–Kier alpha value is -1.99. The summed E-state index contributed by atoms with van der Waals surface area (Å²) in [6, 6.07) is -0.374. The van der Waals surface area contributed by atoms with Crippen molar-refractivity contribution < 1.29 is 27.1 Å². The average molecular weight is 320 g/mol. The zero-order valence-corrected chi connectivity index (χ0v) is 12.3. The maximum Gasteiger partial charge on any atom is 0.410 e. The highest BCUT2D eigenvalue weighted by Gasteiger charge is 2.35. The van der Waals surface area contributed by atoms with Gasteiger partial charge in [0.2, 0.25) is 0 Å². The van der Waals surface area contributed by atoms with Crippen LogP contribution in [0.3, 0.4) is 0 Å². The number of amides is 1. The SMILES string of the molecule is CC(C)(C)OC(=O)N1CC(Nc2c(F)c(F)cc(F)c2F)C1. The van der Waals surface area contributed by atoms with Crippen LogP contribution < -0.4 is 5.32 Å². The fourth-order valence-electron chi connectivity index (χ4n) is 1.95. The number of benzene rings is 1. The quantitative estimate of drug-likeness (QED) is 0.672. The summed E-state index contributed by atoms with van der Waals surface area (Å²) in [5.74, 6) is -5.95. The monoisotopic (exact) mass is 320 g/mol. The highest BCUT2D eigenvalue weighted by atomic mass is 19.2. The van der Waals surface area contributed by atoms with Gasteiger partial charge in [-0.15, -0.1) is 0 Å². The molecule has 1 N–H and O–H groups in total. The van der Waals surface area contributed by atoms with Gasteiger partial charge < -0.3 is 15.0 Å². The van der Waals surface area contributed by atoms with E-state index >= 15 is 0 Å². The third-order valence-corrected chi connectivity index (χ3v) is 2.99. The van der Waals surface area contributed by atoms with Crippen LogP contribution in [0.2, 0.25) is 0 Å². The maximum atomic E-state index is 13.5. The summed E-state index contributed by atoms with van der Waals surface area (Å²) in [5.41, 5.74) is -1.52. The predicted octanol–water partition coefficient (Wildman–Crippen LogP) is 3.27. The van der Waals surface area contributed by atoms with Gasteiger partial charge in [-0.3, -0.25) is 0 Å². The maximum absolute atomic E-state index is 13.5. The molecule has 8 heteroatoms. The summed E-state index contributed by atoms with van der Waals surface area (Å²) in [6.45, 7) is 5.36. The van der Waals surface area contributed by atoms with E-state index < -0.39 is 46.7 Å². The molecule has 1 amide bonds. The van der Waals surface area contributed by atoms with Gasteiger partial charge in [0.15, 0.2) is 23.3 Å². The number of halogens is 4. The van der Waals surface area contributed by atoms with E-state index in [-0.39, 0.29) is 19.2 Å². The van der Waals surface area contributed by atoms with E-state index in [1.54, 1.807) is 20.8 Å². The van der Waals surface area contributed by atoms with Gasteiger partial charge in [0, 0.05) is 19.2 Å². The molecule has 0 atom stereocenters. The molecule has 0 aromatic heterocycles. The largest absolute Gasteiger partial charge is 0.444 e. The molecule has 0 aliphatic carbocycles. The molecule has 1 fully saturated rings. The first-order valence-electron chi connectivity index (χ1n) is 6.66. The van der Waals surface area contributed by atoms with E-state index in [1.807, 2.05) is 0 Å². The third-order valence-electron chi connectivity index (χ3n) is 2.99. The molecule has 0 radical (unpaired) electrons. The van der Waals surface area contributed by atoms with Crippen molar-refractivity contribution in [3.8, 4) is 0 Å². The molecule has 2 rings (SSSR count). The fourth-order valence-corrected chi connectivity index (χ4v) is 1.95. The molecule has 22 heavy (non-hydrogen) atoms. The van der Waals surface area contributed by atoms with Crippen LogP contribution in [0.5, 0.6) is 0 Å². The van der Waals surface area contributed by atoms with Crippen molar-refractivity contribution in [2.45, 2.75) is 32.4 Å². The molecule has 1 aliphatic heterocycles. The fraction of sp³-hybridized carbons (Fsp3) is 0.500. The number of anilines is 1. The number of carbonyl (C=O) groups excluding carboxylic acids is 1. The molecular formula is C14H16F4N2O2. The molecule has 1 aromatic carbocycles. The first-order chi connectivity index (χ1) is 10.1. The zero-order chi connectivity index (χ0) is 16.7. The third kappa shape index (κ3) is 3.42. The molecule has 1 aliphatic rings. The topological polar surface area (TPSA) is 41.6 Å². The smallest absolute Gasteiger partial charge is 0.410 e. The number of hydrogen-bond donors (Lipinski definition) is 1. The highest BCUT2D eigenvalue weighted by molar-refractivity contribution is 5.69. The van der Waals surface area contributed by atoms with Crippen LogP contribution in [-0.2, 0) is 4.74 Å². The summed E-state index contributed by atoms with van der Waals surface area (Å²) in [4.78, 5) is 13.0. The molecule has 1 saturated heterocycles. The van der Waals surface area contributed by atoms with Crippen LogP contribution >= 0.6 is 0 Å². The Balaban J connectivity index is 1.98. The molecular weight excluding hydrogens is 304 g/mol. The number of nitrogens with one attached hydrogen (secondary N) is 1. The highest BCUT2D eigenvalue weighted by Crippen LogP contribution is 2.26. The molecule has 0 bridgehead atoms. The van der Waals surface area contributed by atoms with Gasteiger partial charge in [-0.25, -0.2) is 22.4 Å². The van der Waals surface area contributed by atoms with Gasteiger partial charge in [0.05, 0.1) is 6.04 Å². The van der Waals surface area contributed by atoms with Crippen molar-refractivity contribution in [2.75, 3.05) is 18.4 Å². The van der Waals surface area contributed by atoms with Crippen molar-refractivity contribution in [3.63, 3.8) is 0 Å². The first kappa shape index (κ1) is 16.4. The van der Waals surface area contributed by atoms with E-state index in [9.17, 15) is 22.4 Å². The number of rotatable bonds is 2. The van der Waals surface area contributed by atoms with E-state index in [0.29, 0.717) is 0 Å². The van der Waals surface area contributed by atoms with E-state index in [4.69, 9.17) is 4.74 Å². The molecule has 0 unspecified atom stereocenters. The van der Waals surface area contributed by atoms with Crippen LogP contribution in [0.4, 0.5) is 28.0 Å². The molecule has 0 spiro atoms. The minimum Gasteiger partial charge on any atom is -0.444 e. The number of hydrogen-bond acceptors (Lipinski definition) is 3. The van der Waals surface area contributed by atoms with E-state index in [0.717, 1.165) is 0 Å². The van der Waals surface area contributed by atoms with Gasteiger partial charge >= 0.3 is 6.09 Å². The Morgan fingerprint density at radius 2 is 1.68 bits per heavy atom. The predicted molar refractivity (Wildman–Crippen MR) is 71.5 cm³/mol. The number of likely N-dealkylation sites (tertiary alicyclic amines) is 1. The standard InChI is InChI=1S/C14H16F4N2O2/c1-14(2,3)22-13(21)20-5-7(6-20)19-12-10(17)8(15)4-9(16)11(12)18/h4,7,19H,5-6H2,1-3H3. The van der Waals surface area contributed by atoms with Crippen LogP contribution in [0, 0.1) is 23.3 Å². The van der Waals surface area contributed by atoms with Crippen molar-refractivity contribution in [3.05, 3.63) is 29.3 Å². The zero-order valence-electron chi connectivity index (χ0n) is 12.3. The van der Waals surface area contributed by atoms with Gasteiger partial charge in [-0.05, 0) is 20.8 Å². The van der Waals surface area contributed by atoms with Crippen molar-refractivity contribution in [2.24, 2.45) is 0 Å². The van der Waals surface area contributed by atoms with Crippen molar-refractivity contribution in [1.29, 1.82) is 0 Å². The normalized spacial score (nSPS) is 15.5. The summed E-state index contributed by atoms with van der Waals surface area (Å²) >= 11 is 0. The lowest BCUT2D eigenvalue weighted by molar-refractivity contribution is 0.0104. The van der Waals surface area contributed by atoms with Gasteiger partial charge in [-0.1, -0.05) is 0 Å². The Kier molecular flexibility index (Phi) is 4.21. The molecule has 122 valence electrons. The Morgan fingerprint density at radius 1 is 1.18 bits per heavy atom. The second-order valence-corrected chi connectivity index (χ2v) is 6.07. The minimum absolute atomic E-state index is 0.117. The summed E-state index contributed by atoms with van der Waals surface area (Å²) in [7, 11) is 0.